The summed E-state index contributed by atoms with van der Waals surface area (Å²) in [7, 11) is 0. The van der Waals surface area contributed by atoms with Gasteiger partial charge in [-0.25, -0.2) is 28.2 Å². The molecule has 0 radical (unpaired) electrons. The smallest absolute Gasteiger partial charge is 0.323 e. The fraction of sp³-hybridized carbons (Fsp3) is 0. The maximum atomic E-state index is 13.6. The molecular formula is C20H14F2N6O2. The fourth-order valence-electron chi connectivity index (χ4n) is 2.52. The van der Waals surface area contributed by atoms with Gasteiger partial charge in [-0.05, 0) is 42.5 Å². The molecule has 0 fully saturated rings. The van der Waals surface area contributed by atoms with Crippen LogP contribution in [0.4, 0.5) is 25.0 Å². The first kappa shape index (κ1) is 19.0. The average molecular weight is 408 g/mol. The largest absolute Gasteiger partial charge is 0.439 e. The molecule has 0 aliphatic carbocycles. The number of hydrogen-bond donors (Lipinski definition) is 2. The molecule has 0 saturated carbocycles. The Morgan fingerprint density at radius 3 is 2.57 bits per heavy atom. The maximum Gasteiger partial charge on any atom is 0.323 e. The second-order valence-electron chi connectivity index (χ2n) is 5.99. The summed E-state index contributed by atoms with van der Waals surface area (Å²) in [5.41, 5.74) is 0.313. The van der Waals surface area contributed by atoms with Crippen molar-refractivity contribution in [2.75, 3.05) is 10.6 Å². The van der Waals surface area contributed by atoms with Crippen LogP contribution in [0.25, 0.3) is 5.82 Å². The second kappa shape index (κ2) is 8.35. The molecule has 4 rings (SSSR count). The molecule has 8 nitrogen and oxygen atoms in total. The van der Waals surface area contributed by atoms with Gasteiger partial charge in [0.25, 0.3) is 0 Å². The molecule has 0 atom stereocenters. The van der Waals surface area contributed by atoms with Crippen LogP contribution in [0.3, 0.4) is 0 Å². The van der Waals surface area contributed by atoms with Crippen LogP contribution in [-0.4, -0.2) is 25.8 Å². The Bertz CT molecular complexity index is 1170. The first-order valence-corrected chi connectivity index (χ1v) is 8.70. The molecule has 10 heteroatoms. The number of urea groups is 1. The van der Waals surface area contributed by atoms with Gasteiger partial charge < -0.3 is 15.4 Å². The minimum atomic E-state index is -0.867. The van der Waals surface area contributed by atoms with Crippen molar-refractivity contribution in [1.82, 2.24) is 19.7 Å². The van der Waals surface area contributed by atoms with Gasteiger partial charge in [-0.1, -0.05) is 0 Å². The highest BCUT2D eigenvalue weighted by Gasteiger charge is 2.09. The summed E-state index contributed by atoms with van der Waals surface area (Å²) in [6, 6.07) is 12.1. The zero-order chi connectivity index (χ0) is 20.9. The Labute approximate surface area is 169 Å². The zero-order valence-corrected chi connectivity index (χ0v) is 15.3. The molecule has 0 unspecified atom stereocenters. The lowest BCUT2D eigenvalue weighted by molar-refractivity contribution is 0.262. The van der Waals surface area contributed by atoms with E-state index in [-0.39, 0.29) is 5.69 Å². The van der Waals surface area contributed by atoms with E-state index in [4.69, 9.17) is 4.74 Å². The number of halogens is 2. The van der Waals surface area contributed by atoms with Crippen molar-refractivity contribution in [2.24, 2.45) is 0 Å². The third-order valence-corrected chi connectivity index (χ3v) is 3.88. The molecule has 0 bridgehead atoms. The van der Waals surface area contributed by atoms with E-state index in [1.807, 2.05) is 0 Å². The first-order valence-electron chi connectivity index (χ1n) is 8.70. The van der Waals surface area contributed by atoms with Crippen molar-refractivity contribution in [3.05, 3.63) is 85.0 Å². The monoisotopic (exact) mass is 408 g/mol. The molecule has 0 saturated heterocycles. The van der Waals surface area contributed by atoms with E-state index in [1.54, 1.807) is 53.5 Å². The number of nitrogens with zero attached hydrogens (tertiary/aromatic N) is 4. The van der Waals surface area contributed by atoms with Crippen LogP contribution in [-0.2, 0) is 0 Å². The van der Waals surface area contributed by atoms with Crippen molar-refractivity contribution in [2.45, 2.75) is 0 Å². The number of amides is 2. The van der Waals surface area contributed by atoms with Gasteiger partial charge in [0.15, 0.2) is 5.82 Å². The molecule has 0 aliphatic rings. The summed E-state index contributed by atoms with van der Waals surface area (Å²) in [6.45, 7) is 0. The van der Waals surface area contributed by atoms with E-state index in [1.165, 1.54) is 6.33 Å². The summed E-state index contributed by atoms with van der Waals surface area (Å²) in [5, 5.41) is 8.96. The van der Waals surface area contributed by atoms with Gasteiger partial charge in [0.2, 0.25) is 5.88 Å². The molecule has 150 valence electrons. The Morgan fingerprint density at radius 1 is 1.00 bits per heavy atom. The molecule has 2 aromatic carbocycles. The number of carbonyl (C=O) groups excluding carboxylic acids is 1. The Hall–Kier alpha value is -4.34. The van der Waals surface area contributed by atoms with E-state index in [9.17, 15) is 13.6 Å². The highest BCUT2D eigenvalue weighted by Crippen LogP contribution is 2.22. The SMILES string of the molecule is O=C(Nc1ccc(Oc2cc(-n3cccn3)ncn2)cc1)Nc1ccc(F)cc1F. The van der Waals surface area contributed by atoms with Gasteiger partial charge in [-0.15, -0.1) is 0 Å². The van der Waals surface area contributed by atoms with Crippen LogP contribution < -0.4 is 15.4 Å². The van der Waals surface area contributed by atoms with Crippen molar-refractivity contribution in [3.63, 3.8) is 0 Å². The van der Waals surface area contributed by atoms with Crippen LogP contribution in [0.2, 0.25) is 0 Å². The van der Waals surface area contributed by atoms with Crippen molar-refractivity contribution in [1.29, 1.82) is 0 Å². The van der Waals surface area contributed by atoms with Gasteiger partial charge in [-0.2, -0.15) is 5.10 Å². The predicted molar refractivity (Wildman–Crippen MR) is 105 cm³/mol. The molecule has 2 amide bonds. The summed E-state index contributed by atoms with van der Waals surface area (Å²) in [4.78, 5) is 20.2. The molecule has 2 heterocycles. The lowest BCUT2D eigenvalue weighted by Crippen LogP contribution is -2.20. The zero-order valence-electron chi connectivity index (χ0n) is 15.3. The molecular weight excluding hydrogens is 394 g/mol. The highest BCUT2D eigenvalue weighted by atomic mass is 19.1. The van der Waals surface area contributed by atoms with Gasteiger partial charge in [-0.3, -0.25) is 0 Å². The molecule has 0 spiro atoms. The van der Waals surface area contributed by atoms with Gasteiger partial charge in [0.05, 0.1) is 5.69 Å². The third kappa shape index (κ3) is 4.55. The number of benzene rings is 2. The van der Waals surface area contributed by atoms with Crippen LogP contribution in [0.5, 0.6) is 11.6 Å². The maximum absolute atomic E-state index is 13.6. The second-order valence-corrected chi connectivity index (χ2v) is 5.99. The summed E-state index contributed by atoms with van der Waals surface area (Å²) >= 11 is 0. The van der Waals surface area contributed by atoms with E-state index in [0.717, 1.165) is 12.1 Å². The number of ether oxygens (including phenoxy) is 1. The van der Waals surface area contributed by atoms with Crippen LogP contribution >= 0.6 is 0 Å². The first-order chi connectivity index (χ1) is 14.6. The normalized spacial score (nSPS) is 10.5. The molecule has 2 aromatic heterocycles. The van der Waals surface area contributed by atoms with Crippen molar-refractivity contribution >= 4 is 17.4 Å². The van der Waals surface area contributed by atoms with Gasteiger partial charge >= 0.3 is 6.03 Å². The lowest BCUT2D eigenvalue weighted by Gasteiger charge is -2.10. The highest BCUT2D eigenvalue weighted by molar-refractivity contribution is 5.99. The van der Waals surface area contributed by atoms with E-state index in [2.05, 4.69) is 25.7 Å². The number of anilines is 2. The minimum Gasteiger partial charge on any atom is -0.439 e. The van der Waals surface area contributed by atoms with E-state index in [0.29, 0.717) is 29.2 Å². The predicted octanol–water partition coefficient (Wildman–Crippen LogP) is 4.38. The van der Waals surface area contributed by atoms with Crippen molar-refractivity contribution in [3.8, 4) is 17.4 Å². The minimum absolute atomic E-state index is 0.134. The molecule has 30 heavy (non-hydrogen) atoms. The number of carbonyl (C=O) groups is 1. The standard InChI is InChI=1S/C20H14F2N6O2/c21-13-2-7-17(16(22)10-13)27-20(29)26-14-3-5-15(6-4-14)30-19-11-18(23-12-24-19)28-9-1-8-25-28/h1-12H,(H2,26,27,29). The quantitative estimate of drug-likeness (QED) is 0.511. The lowest BCUT2D eigenvalue weighted by atomic mass is 10.3. The number of rotatable bonds is 5. The van der Waals surface area contributed by atoms with Crippen LogP contribution in [0, 0.1) is 11.6 Å². The topological polar surface area (TPSA) is 94.0 Å². The summed E-state index contributed by atoms with van der Waals surface area (Å²) in [5.74, 6) is -0.243. The van der Waals surface area contributed by atoms with E-state index >= 15 is 0 Å². The number of hydrogen-bond acceptors (Lipinski definition) is 5. The number of aromatic nitrogens is 4. The van der Waals surface area contributed by atoms with Crippen LogP contribution in [0.15, 0.2) is 73.3 Å². The molecule has 2 N–H and O–H groups in total. The summed E-state index contributed by atoms with van der Waals surface area (Å²) in [6.07, 6.45) is 4.74. The fourth-order valence-corrected chi connectivity index (χ4v) is 2.52. The van der Waals surface area contributed by atoms with Gasteiger partial charge in [0, 0.05) is 30.2 Å². The van der Waals surface area contributed by atoms with Crippen molar-refractivity contribution < 1.29 is 18.3 Å². The van der Waals surface area contributed by atoms with Gasteiger partial charge in [0.1, 0.15) is 23.7 Å². The van der Waals surface area contributed by atoms with Crippen LogP contribution in [0.1, 0.15) is 0 Å². The Kier molecular flexibility index (Phi) is 5.29. The summed E-state index contributed by atoms with van der Waals surface area (Å²) < 4.78 is 33.8. The average Bonchev–Trinajstić information content (AvgIpc) is 3.27. The third-order valence-electron chi connectivity index (χ3n) is 3.88. The Morgan fingerprint density at radius 2 is 1.83 bits per heavy atom. The molecule has 4 aromatic rings. The Balaban J connectivity index is 1.38. The molecule has 0 aliphatic heterocycles. The number of nitrogens with one attached hydrogen (secondary N) is 2. The van der Waals surface area contributed by atoms with E-state index < -0.39 is 17.7 Å².